The number of rotatable bonds is 7. The Hall–Kier alpha value is -1.35. The van der Waals surface area contributed by atoms with Crippen LogP contribution in [0.5, 0.6) is 0 Å². The van der Waals surface area contributed by atoms with Crippen molar-refractivity contribution in [2.24, 2.45) is 11.8 Å². The molecule has 0 aliphatic heterocycles. The predicted molar refractivity (Wildman–Crippen MR) is 75.6 cm³/mol. The second-order valence-corrected chi connectivity index (χ2v) is 5.43. The molecule has 2 unspecified atom stereocenters. The Morgan fingerprint density at radius 3 is 2.63 bits per heavy atom. The lowest BCUT2D eigenvalue weighted by Gasteiger charge is -2.21. The van der Waals surface area contributed by atoms with Crippen LogP contribution in [-0.4, -0.2) is 30.6 Å². The molecule has 0 radical (unpaired) electrons. The summed E-state index contributed by atoms with van der Waals surface area (Å²) in [7, 11) is 0. The smallest absolute Gasteiger partial charge is 0.320 e. The maximum Gasteiger partial charge on any atom is 0.320 e. The summed E-state index contributed by atoms with van der Waals surface area (Å²) >= 11 is 0. The average Bonchev–Trinajstić information content (AvgIpc) is 3.06. The Morgan fingerprint density at radius 2 is 2.05 bits per heavy atom. The van der Waals surface area contributed by atoms with Crippen LogP contribution in [0.25, 0.3) is 0 Å². The molecule has 1 aliphatic carbocycles. The van der Waals surface area contributed by atoms with Gasteiger partial charge in [-0.05, 0) is 30.7 Å². The van der Waals surface area contributed by atoms with Crippen molar-refractivity contribution < 1.29 is 9.53 Å². The predicted octanol–water partition coefficient (Wildman–Crippen LogP) is 2.71. The van der Waals surface area contributed by atoms with Crippen molar-refractivity contribution in [3.63, 3.8) is 0 Å². The summed E-state index contributed by atoms with van der Waals surface area (Å²) in [5.41, 5.74) is 1.25. The summed E-state index contributed by atoms with van der Waals surface area (Å²) < 4.78 is 5.06. The number of carbonyl (C=O) groups is 1. The Bertz CT molecular complexity index is 404. The van der Waals surface area contributed by atoms with Crippen molar-refractivity contribution in [1.29, 1.82) is 0 Å². The molecule has 0 bridgehead atoms. The van der Waals surface area contributed by atoms with E-state index in [1.165, 1.54) is 12.0 Å². The van der Waals surface area contributed by atoms with Gasteiger partial charge in [-0.15, -0.1) is 0 Å². The summed E-state index contributed by atoms with van der Waals surface area (Å²) in [6.07, 6.45) is 1.29. The topological polar surface area (TPSA) is 29.5 Å². The minimum atomic E-state index is -0.119. The maximum atomic E-state index is 11.7. The highest BCUT2D eigenvalue weighted by atomic mass is 16.5. The third-order valence-electron chi connectivity index (χ3n) is 3.68. The lowest BCUT2D eigenvalue weighted by molar-refractivity contribution is -0.144. The van der Waals surface area contributed by atoms with E-state index >= 15 is 0 Å². The zero-order chi connectivity index (χ0) is 13.7. The second-order valence-electron chi connectivity index (χ2n) is 5.43. The lowest BCUT2D eigenvalue weighted by atomic mass is 10.2. The minimum absolute atomic E-state index is 0.119. The lowest BCUT2D eigenvalue weighted by Crippen LogP contribution is -2.32. The molecular formula is C16H23NO2. The molecule has 2 rings (SSSR count). The summed E-state index contributed by atoms with van der Waals surface area (Å²) in [5, 5.41) is 0. The molecule has 0 N–H and O–H groups in total. The van der Waals surface area contributed by atoms with Gasteiger partial charge in [0.2, 0.25) is 0 Å². The number of hydrogen-bond donors (Lipinski definition) is 0. The van der Waals surface area contributed by atoms with Gasteiger partial charge in [-0.25, -0.2) is 0 Å². The van der Waals surface area contributed by atoms with E-state index in [-0.39, 0.29) is 5.97 Å². The van der Waals surface area contributed by atoms with Gasteiger partial charge >= 0.3 is 5.97 Å². The van der Waals surface area contributed by atoms with Crippen molar-refractivity contribution in [1.82, 2.24) is 4.90 Å². The Morgan fingerprint density at radius 1 is 1.37 bits per heavy atom. The van der Waals surface area contributed by atoms with Crippen LogP contribution in [0.4, 0.5) is 0 Å². The van der Waals surface area contributed by atoms with Gasteiger partial charge in [0.15, 0.2) is 0 Å². The van der Waals surface area contributed by atoms with Gasteiger partial charge in [0, 0.05) is 13.1 Å². The standard InChI is InChI=1S/C16H23NO2/c1-3-19-16(18)12-17(11-15-9-13(15)2)10-14-7-5-4-6-8-14/h4-8,13,15H,3,9-12H2,1-2H3. The molecule has 0 heterocycles. The molecule has 0 aromatic heterocycles. The first kappa shape index (κ1) is 14.1. The highest BCUT2D eigenvalue weighted by Crippen LogP contribution is 2.38. The molecule has 1 aliphatic rings. The van der Waals surface area contributed by atoms with Crippen LogP contribution in [0.3, 0.4) is 0 Å². The largest absolute Gasteiger partial charge is 0.465 e. The minimum Gasteiger partial charge on any atom is -0.465 e. The van der Waals surface area contributed by atoms with Gasteiger partial charge in [0.1, 0.15) is 0 Å². The highest BCUT2D eigenvalue weighted by Gasteiger charge is 2.34. The average molecular weight is 261 g/mol. The van der Waals surface area contributed by atoms with Crippen LogP contribution in [-0.2, 0) is 16.1 Å². The van der Waals surface area contributed by atoms with Gasteiger partial charge in [-0.1, -0.05) is 37.3 Å². The fourth-order valence-electron chi connectivity index (χ4n) is 2.40. The SMILES string of the molecule is CCOC(=O)CN(Cc1ccccc1)CC1CC1C. The van der Waals surface area contributed by atoms with E-state index < -0.39 is 0 Å². The number of esters is 1. The van der Waals surface area contributed by atoms with Crippen LogP contribution in [0.2, 0.25) is 0 Å². The van der Waals surface area contributed by atoms with Gasteiger partial charge in [-0.2, -0.15) is 0 Å². The molecule has 3 heteroatoms. The molecule has 1 saturated carbocycles. The molecule has 1 aromatic rings. The first-order valence-electron chi connectivity index (χ1n) is 7.11. The normalized spacial score (nSPS) is 21.4. The zero-order valence-corrected chi connectivity index (χ0v) is 11.8. The molecule has 2 atom stereocenters. The van der Waals surface area contributed by atoms with E-state index in [9.17, 15) is 4.79 Å². The van der Waals surface area contributed by atoms with E-state index in [1.807, 2.05) is 25.1 Å². The van der Waals surface area contributed by atoms with Gasteiger partial charge in [0.05, 0.1) is 13.2 Å². The molecule has 19 heavy (non-hydrogen) atoms. The first-order chi connectivity index (χ1) is 9.19. The van der Waals surface area contributed by atoms with Crippen LogP contribution in [0.15, 0.2) is 30.3 Å². The fraction of sp³-hybridized carbons (Fsp3) is 0.562. The molecule has 0 saturated heterocycles. The van der Waals surface area contributed by atoms with Crippen molar-refractivity contribution in [3.8, 4) is 0 Å². The number of nitrogens with zero attached hydrogens (tertiary/aromatic N) is 1. The van der Waals surface area contributed by atoms with Gasteiger partial charge < -0.3 is 4.74 Å². The van der Waals surface area contributed by atoms with Gasteiger partial charge in [0.25, 0.3) is 0 Å². The Balaban J connectivity index is 1.91. The number of hydrogen-bond acceptors (Lipinski definition) is 3. The first-order valence-corrected chi connectivity index (χ1v) is 7.11. The Labute approximate surface area is 115 Å². The third kappa shape index (κ3) is 4.67. The maximum absolute atomic E-state index is 11.7. The van der Waals surface area contributed by atoms with Crippen molar-refractivity contribution in [2.45, 2.75) is 26.8 Å². The van der Waals surface area contributed by atoms with E-state index in [1.54, 1.807) is 0 Å². The van der Waals surface area contributed by atoms with E-state index in [0.717, 1.165) is 24.9 Å². The van der Waals surface area contributed by atoms with E-state index in [2.05, 4.69) is 24.0 Å². The molecule has 1 aromatic carbocycles. The molecule has 0 spiro atoms. The van der Waals surface area contributed by atoms with Crippen LogP contribution in [0.1, 0.15) is 25.8 Å². The van der Waals surface area contributed by atoms with E-state index in [0.29, 0.717) is 13.2 Å². The molecule has 3 nitrogen and oxygen atoms in total. The monoisotopic (exact) mass is 261 g/mol. The Kier molecular flexibility index (Phi) is 4.97. The molecule has 0 amide bonds. The summed E-state index contributed by atoms with van der Waals surface area (Å²) in [5.74, 6) is 1.44. The van der Waals surface area contributed by atoms with Crippen molar-refractivity contribution in [3.05, 3.63) is 35.9 Å². The highest BCUT2D eigenvalue weighted by molar-refractivity contribution is 5.71. The fourth-order valence-corrected chi connectivity index (χ4v) is 2.40. The van der Waals surface area contributed by atoms with Crippen LogP contribution < -0.4 is 0 Å². The summed E-state index contributed by atoms with van der Waals surface area (Å²) in [4.78, 5) is 13.9. The summed E-state index contributed by atoms with van der Waals surface area (Å²) in [6.45, 7) is 6.79. The molecule has 1 fully saturated rings. The third-order valence-corrected chi connectivity index (χ3v) is 3.68. The van der Waals surface area contributed by atoms with Crippen molar-refractivity contribution >= 4 is 5.97 Å². The number of ether oxygens (including phenoxy) is 1. The molecular weight excluding hydrogens is 238 g/mol. The van der Waals surface area contributed by atoms with Crippen molar-refractivity contribution in [2.75, 3.05) is 19.7 Å². The van der Waals surface area contributed by atoms with Crippen LogP contribution in [0, 0.1) is 11.8 Å². The number of carbonyl (C=O) groups excluding carboxylic acids is 1. The quantitative estimate of drug-likeness (QED) is 0.707. The van der Waals surface area contributed by atoms with Crippen LogP contribution >= 0.6 is 0 Å². The number of benzene rings is 1. The van der Waals surface area contributed by atoms with E-state index in [4.69, 9.17) is 4.74 Å². The second kappa shape index (κ2) is 6.71. The molecule has 104 valence electrons. The van der Waals surface area contributed by atoms with Gasteiger partial charge in [-0.3, -0.25) is 9.69 Å². The zero-order valence-electron chi connectivity index (χ0n) is 11.8. The summed E-state index contributed by atoms with van der Waals surface area (Å²) in [6, 6.07) is 10.3.